The highest BCUT2D eigenvalue weighted by atomic mass is 16.5. The molecule has 15 heavy (non-hydrogen) atoms. The van der Waals surface area contributed by atoms with Crippen molar-refractivity contribution in [2.75, 3.05) is 13.1 Å². The van der Waals surface area contributed by atoms with Crippen LogP contribution in [0.15, 0.2) is 24.5 Å². The third-order valence-corrected chi connectivity index (χ3v) is 2.54. The minimum Gasteiger partial charge on any atom is -0.488 e. The fraction of sp³-hybridized carbons (Fsp3) is 0.455. The molecule has 2 heterocycles. The van der Waals surface area contributed by atoms with Crippen molar-refractivity contribution >= 4 is 5.91 Å². The number of hydrogen-bond donors (Lipinski definition) is 0. The van der Waals surface area contributed by atoms with Gasteiger partial charge >= 0.3 is 0 Å². The van der Waals surface area contributed by atoms with Crippen LogP contribution in [0.25, 0.3) is 0 Å². The summed E-state index contributed by atoms with van der Waals surface area (Å²) in [7, 11) is 0. The maximum atomic E-state index is 11.1. The van der Waals surface area contributed by atoms with Crippen LogP contribution < -0.4 is 4.74 Å². The summed E-state index contributed by atoms with van der Waals surface area (Å²) in [6.45, 7) is 3.08. The fourth-order valence-corrected chi connectivity index (χ4v) is 1.72. The number of carbonyl (C=O) groups is 1. The number of amides is 1. The van der Waals surface area contributed by atoms with Gasteiger partial charge in [0.15, 0.2) is 0 Å². The fourth-order valence-electron chi connectivity index (χ4n) is 1.72. The molecule has 1 saturated heterocycles. The maximum Gasteiger partial charge on any atom is 0.219 e. The van der Waals surface area contributed by atoms with Crippen LogP contribution >= 0.6 is 0 Å². The molecule has 0 aliphatic carbocycles. The molecule has 1 aromatic rings. The molecule has 0 saturated carbocycles. The van der Waals surface area contributed by atoms with Crippen LogP contribution in [-0.2, 0) is 4.79 Å². The lowest BCUT2D eigenvalue weighted by Gasteiger charge is -2.15. The van der Waals surface area contributed by atoms with Crippen LogP contribution in [0.5, 0.6) is 5.75 Å². The van der Waals surface area contributed by atoms with Gasteiger partial charge in [-0.15, -0.1) is 0 Å². The Balaban J connectivity index is 1.90. The normalized spacial score (nSPS) is 20.3. The number of rotatable bonds is 2. The molecule has 1 unspecified atom stereocenters. The lowest BCUT2D eigenvalue weighted by atomic mass is 10.3. The van der Waals surface area contributed by atoms with Crippen LogP contribution in [0.1, 0.15) is 13.3 Å². The highest BCUT2D eigenvalue weighted by molar-refractivity contribution is 5.73. The van der Waals surface area contributed by atoms with Crippen molar-refractivity contribution in [3.05, 3.63) is 24.5 Å². The zero-order valence-corrected chi connectivity index (χ0v) is 8.72. The number of nitrogens with zero attached hydrogens (tertiary/aromatic N) is 2. The lowest BCUT2D eigenvalue weighted by molar-refractivity contribution is -0.128. The third kappa shape index (κ3) is 2.46. The van der Waals surface area contributed by atoms with Crippen LogP contribution in [0.3, 0.4) is 0 Å². The molecule has 4 heteroatoms. The van der Waals surface area contributed by atoms with Gasteiger partial charge in [0.2, 0.25) is 5.91 Å². The first kappa shape index (κ1) is 9.96. The van der Waals surface area contributed by atoms with Crippen molar-refractivity contribution in [1.82, 2.24) is 9.88 Å². The van der Waals surface area contributed by atoms with Gasteiger partial charge < -0.3 is 9.64 Å². The number of pyridine rings is 1. The topological polar surface area (TPSA) is 42.4 Å². The Kier molecular flexibility index (Phi) is 2.85. The van der Waals surface area contributed by atoms with Gasteiger partial charge in [-0.3, -0.25) is 9.78 Å². The first-order valence-corrected chi connectivity index (χ1v) is 5.08. The summed E-state index contributed by atoms with van der Waals surface area (Å²) < 4.78 is 5.72. The molecule has 0 spiro atoms. The first-order valence-electron chi connectivity index (χ1n) is 5.08. The molecule has 0 N–H and O–H groups in total. The molecule has 1 amide bonds. The average Bonchev–Trinajstić information content (AvgIpc) is 2.68. The van der Waals surface area contributed by atoms with E-state index in [-0.39, 0.29) is 12.0 Å². The van der Waals surface area contributed by atoms with E-state index < -0.39 is 0 Å². The Morgan fingerprint density at radius 2 is 2.27 bits per heavy atom. The summed E-state index contributed by atoms with van der Waals surface area (Å²) in [4.78, 5) is 16.8. The van der Waals surface area contributed by atoms with Crippen LogP contribution in [0.2, 0.25) is 0 Å². The van der Waals surface area contributed by atoms with E-state index in [9.17, 15) is 4.79 Å². The summed E-state index contributed by atoms with van der Waals surface area (Å²) in [5.74, 6) is 0.941. The van der Waals surface area contributed by atoms with Crippen molar-refractivity contribution in [3.63, 3.8) is 0 Å². The number of hydrogen-bond acceptors (Lipinski definition) is 3. The molecule has 0 aromatic carbocycles. The van der Waals surface area contributed by atoms with E-state index in [1.165, 1.54) is 0 Å². The molecule has 4 nitrogen and oxygen atoms in total. The van der Waals surface area contributed by atoms with Crippen LogP contribution in [0.4, 0.5) is 0 Å². The smallest absolute Gasteiger partial charge is 0.219 e. The molecule has 1 fully saturated rings. The average molecular weight is 206 g/mol. The summed E-state index contributed by atoms with van der Waals surface area (Å²) in [5.41, 5.74) is 0. The summed E-state index contributed by atoms with van der Waals surface area (Å²) >= 11 is 0. The number of ether oxygens (including phenoxy) is 1. The predicted molar refractivity (Wildman–Crippen MR) is 55.5 cm³/mol. The summed E-state index contributed by atoms with van der Waals surface area (Å²) in [6, 6.07) is 3.66. The van der Waals surface area contributed by atoms with Crippen LogP contribution in [-0.4, -0.2) is 35.0 Å². The second-order valence-corrected chi connectivity index (χ2v) is 3.68. The monoisotopic (exact) mass is 206 g/mol. The highest BCUT2D eigenvalue weighted by Gasteiger charge is 2.25. The zero-order valence-electron chi connectivity index (χ0n) is 8.72. The minimum absolute atomic E-state index is 0.121. The molecule has 0 radical (unpaired) electrons. The van der Waals surface area contributed by atoms with E-state index in [0.29, 0.717) is 6.54 Å². The molecule has 80 valence electrons. The van der Waals surface area contributed by atoms with Gasteiger partial charge in [0, 0.05) is 32.3 Å². The van der Waals surface area contributed by atoms with Gasteiger partial charge in [-0.25, -0.2) is 0 Å². The Morgan fingerprint density at radius 3 is 2.87 bits per heavy atom. The van der Waals surface area contributed by atoms with E-state index in [1.54, 1.807) is 19.3 Å². The molecule has 1 aliphatic heterocycles. The zero-order chi connectivity index (χ0) is 10.7. The summed E-state index contributed by atoms with van der Waals surface area (Å²) in [6.07, 6.45) is 4.43. The van der Waals surface area contributed by atoms with Gasteiger partial charge in [0.25, 0.3) is 0 Å². The molecule has 1 atom stereocenters. The minimum atomic E-state index is 0.121. The maximum absolute atomic E-state index is 11.1. The Hall–Kier alpha value is -1.58. The van der Waals surface area contributed by atoms with Crippen molar-refractivity contribution in [1.29, 1.82) is 0 Å². The van der Waals surface area contributed by atoms with E-state index in [4.69, 9.17) is 4.74 Å². The van der Waals surface area contributed by atoms with Crippen molar-refractivity contribution in [2.45, 2.75) is 19.4 Å². The molecule has 2 rings (SSSR count). The summed E-state index contributed by atoms with van der Waals surface area (Å²) in [5, 5.41) is 0. The predicted octanol–water partition coefficient (Wildman–Crippen LogP) is 1.08. The molecule has 0 bridgehead atoms. The van der Waals surface area contributed by atoms with Gasteiger partial charge in [-0.1, -0.05) is 0 Å². The second kappa shape index (κ2) is 4.29. The molecular weight excluding hydrogens is 192 g/mol. The Morgan fingerprint density at radius 1 is 1.53 bits per heavy atom. The van der Waals surface area contributed by atoms with E-state index in [1.807, 2.05) is 17.0 Å². The van der Waals surface area contributed by atoms with Gasteiger partial charge in [-0.2, -0.15) is 0 Å². The van der Waals surface area contributed by atoms with E-state index >= 15 is 0 Å². The van der Waals surface area contributed by atoms with Gasteiger partial charge in [0.1, 0.15) is 11.9 Å². The molecule has 1 aromatic heterocycles. The van der Waals surface area contributed by atoms with Gasteiger partial charge in [-0.05, 0) is 12.1 Å². The van der Waals surface area contributed by atoms with E-state index in [2.05, 4.69) is 4.98 Å². The quantitative estimate of drug-likeness (QED) is 0.727. The Bertz CT molecular complexity index is 340. The number of aromatic nitrogens is 1. The molecule has 1 aliphatic rings. The largest absolute Gasteiger partial charge is 0.488 e. The first-order chi connectivity index (χ1) is 7.25. The highest BCUT2D eigenvalue weighted by Crippen LogP contribution is 2.17. The van der Waals surface area contributed by atoms with Gasteiger partial charge in [0.05, 0.1) is 6.54 Å². The van der Waals surface area contributed by atoms with Crippen molar-refractivity contribution in [2.24, 2.45) is 0 Å². The van der Waals surface area contributed by atoms with Crippen molar-refractivity contribution in [3.8, 4) is 5.75 Å². The molecular formula is C11H14N2O2. The lowest BCUT2D eigenvalue weighted by Crippen LogP contribution is -2.28. The third-order valence-electron chi connectivity index (χ3n) is 2.54. The number of carbonyl (C=O) groups excluding carboxylic acids is 1. The Labute approximate surface area is 88.9 Å². The van der Waals surface area contributed by atoms with Crippen LogP contribution in [0, 0.1) is 0 Å². The van der Waals surface area contributed by atoms with Crippen molar-refractivity contribution < 1.29 is 9.53 Å². The number of likely N-dealkylation sites (tertiary alicyclic amines) is 1. The standard InChI is InChI=1S/C11H14N2O2/c1-9(14)13-7-4-11(8-13)15-10-2-5-12-6-3-10/h2-3,5-6,11H,4,7-8H2,1H3. The SMILES string of the molecule is CC(=O)N1CCC(Oc2ccncc2)C1. The van der Waals surface area contributed by atoms with E-state index in [0.717, 1.165) is 18.7 Å². The second-order valence-electron chi connectivity index (χ2n) is 3.68.